The summed E-state index contributed by atoms with van der Waals surface area (Å²) in [6, 6.07) is 12.5. The first kappa shape index (κ1) is 16.6. The quantitative estimate of drug-likeness (QED) is 0.489. The minimum Gasteiger partial charge on any atom is -0.506 e. The molecule has 130 valence electrons. The number of anilines is 1. The van der Waals surface area contributed by atoms with Gasteiger partial charge >= 0.3 is 6.09 Å². The molecule has 0 fully saturated rings. The van der Waals surface area contributed by atoms with Crippen molar-refractivity contribution in [3.05, 3.63) is 54.2 Å². The lowest BCUT2D eigenvalue weighted by atomic mass is 10.2. The summed E-state index contributed by atoms with van der Waals surface area (Å²) in [7, 11) is 0. The van der Waals surface area contributed by atoms with Crippen LogP contribution in [0.5, 0.6) is 5.75 Å². The molecule has 0 bridgehead atoms. The fraction of sp³-hybridized carbons (Fsp3) is 0.222. The first-order chi connectivity index (χ1) is 12.0. The third-order valence-corrected chi connectivity index (χ3v) is 3.84. The number of nitrogens with two attached hydrogens (primary N) is 1. The third-order valence-electron chi connectivity index (χ3n) is 3.84. The highest BCUT2D eigenvalue weighted by Gasteiger charge is 2.14. The van der Waals surface area contributed by atoms with Gasteiger partial charge in [0.2, 0.25) is 0 Å². The molecule has 1 atom stereocenters. The average Bonchev–Trinajstić information content (AvgIpc) is 3.00. The first-order valence-corrected chi connectivity index (χ1v) is 7.95. The van der Waals surface area contributed by atoms with Gasteiger partial charge in [0.05, 0.1) is 18.3 Å². The standard InChI is InChI=1S/C18H20N4O3/c1-12(21-18(24)25-11-13-5-3-2-4-6-13)10-22-17-14(9-20-22)7-8-15(23)16(17)19/h2-9,12,23H,10-11,19H2,1H3,(H,21,24)/t12-/m0/s1. The number of ether oxygens (including phenoxy) is 1. The molecule has 0 radical (unpaired) electrons. The van der Waals surface area contributed by atoms with E-state index >= 15 is 0 Å². The van der Waals surface area contributed by atoms with Crippen molar-refractivity contribution in [1.29, 1.82) is 0 Å². The molecule has 0 saturated carbocycles. The number of phenols is 1. The number of nitrogen functional groups attached to an aromatic ring is 1. The Morgan fingerprint density at radius 1 is 1.32 bits per heavy atom. The molecular formula is C18H20N4O3. The topological polar surface area (TPSA) is 102 Å². The maximum Gasteiger partial charge on any atom is 0.407 e. The maximum absolute atomic E-state index is 11.9. The molecule has 2 aromatic carbocycles. The number of nitrogens with one attached hydrogen (secondary N) is 1. The molecule has 0 unspecified atom stereocenters. The molecule has 1 heterocycles. The number of amides is 1. The number of carbonyl (C=O) groups excluding carboxylic acids is 1. The predicted octanol–water partition coefficient (Wildman–Crippen LogP) is 2.64. The van der Waals surface area contributed by atoms with E-state index in [-0.39, 0.29) is 24.1 Å². The number of carbonyl (C=O) groups is 1. The van der Waals surface area contributed by atoms with Crippen LogP contribution in [0.2, 0.25) is 0 Å². The van der Waals surface area contributed by atoms with E-state index in [0.29, 0.717) is 12.1 Å². The lowest BCUT2D eigenvalue weighted by Gasteiger charge is -2.15. The number of alkyl carbamates (subject to hydrolysis) is 1. The highest BCUT2D eigenvalue weighted by atomic mass is 16.5. The molecular weight excluding hydrogens is 320 g/mol. The van der Waals surface area contributed by atoms with Gasteiger partial charge in [-0.2, -0.15) is 5.10 Å². The number of hydrogen-bond acceptors (Lipinski definition) is 5. The zero-order valence-electron chi connectivity index (χ0n) is 13.8. The van der Waals surface area contributed by atoms with E-state index in [1.807, 2.05) is 37.3 Å². The molecule has 0 aliphatic carbocycles. The average molecular weight is 340 g/mol. The Hall–Kier alpha value is -3.22. The zero-order chi connectivity index (χ0) is 17.8. The largest absolute Gasteiger partial charge is 0.506 e. The van der Waals surface area contributed by atoms with E-state index in [1.54, 1.807) is 16.9 Å². The maximum atomic E-state index is 11.9. The van der Waals surface area contributed by atoms with Crippen molar-refractivity contribution < 1.29 is 14.6 Å². The van der Waals surface area contributed by atoms with Crippen molar-refractivity contribution in [2.24, 2.45) is 0 Å². The molecule has 1 aromatic heterocycles. The second-order valence-corrected chi connectivity index (χ2v) is 5.87. The van der Waals surface area contributed by atoms with Gasteiger partial charge in [-0.3, -0.25) is 4.68 Å². The molecule has 0 saturated heterocycles. The number of fused-ring (bicyclic) bond motifs is 1. The fourth-order valence-electron chi connectivity index (χ4n) is 2.61. The molecule has 25 heavy (non-hydrogen) atoms. The van der Waals surface area contributed by atoms with Gasteiger partial charge in [-0.15, -0.1) is 0 Å². The van der Waals surface area contributed by atoms with Crippen LogP contribution in [-0.2, 0) is 17.9 Å². The number of rotatable bonds is 5. The van der Waals surface area contributed by atoms with Crippen LogP contribution in [0.3, 0.4) is 0 Å². The predicted molar refractivity (Wildman–Crippen MR) is 95.0 cm³/mol. The smallest absolute Gasteiger partial charge is 0.407 e. The molecule has 7 heteroatoms. The van der Waals surface area contributed by atoms with Gasteiger partial charge in [0, 0.05) is 11.4 Å². The highest BCUT2D eigenvalue weighted by Crippen LogP contribution is 2.29. The van der Waals surface area contributed by atoms with Crippen LogP contribution in [0.1, 0.15) is 12.5 Å². The molecule has 1 amide bonds. The Morgan fingerprint density at radius 3 is 2.84 bits per heavy atom. The second kappa shape index (κ2) is 7.12. The van der Waals surface area contributed by atoms with Crippen LogP contribution in [0.25, 0.3) is 10.9 Å². The van der Waals surface area contributed by atoms with Gasteiger partial charge in [-0.25, -0.2) is 4.79 Å². The molecule has 0 aliphatic rings. The lowest BCUT2D eigenvalue weighted by Crippen LogP contribution is -2.36. The molecule has 3 aromatic rings. The Balaban J connectivity index is 1.60. The zero-order valence-corrected chi connectivity index (χ0v) is 13.8. The summed E-state index contributed by atoms with van der Waals surface area (Å²) in [4.78, 5) is 11.9. The van der Waals surface area contributed by atoms with Gasteiger partial charge in [-0.05, 0) is 24.6 Å². The number of benzene rings is 2. The summed E-state index contributed by atoms with van der Waals surface area (Å²) in [5.74, 6) is 0.0112. The van der Waals surface area contributed by atoms with Gasteiger partial charge in [0.1, 0.15) is 18.0 Å². The van der Waals surface area contributed by atoms with E-state index < -0.39 is 6.09 Å². The minimum absolute atomic E-state index is 0.0112. The van der Waals surface area contributed by atoms with Gasteiger partial charge in [0.15, 0.2) is 0 Å². The Labute approximate surface area is 145 Å². The normalized spacial score (nSPS) is 12.0. The van der Waals surface area contributed by atoms with E-state index in [1.165, 1.54) is 6.07 Å². The van der Waals surface area contributed by atoms with Gasteiger partial charge in [-0.1, -0.05) is 30.3 Å². The summed E-state index contributed by atoms with van der Waals surface area (Å²) in [5.41, 5.74) is 7.77. The summed E-state index contributed by atoms with van der Waals surface area (Å²) in [6.07, 6.45) is 1.18. The molecule has 4 N–H and O–H groups in total. The fourth-order valence-corrected chi connectivity index (χ4v) is 2.61. The van der Waals surface area contributed by atoms with E-state index in [4.69, 9.17) is 10.5 Å². The molecule has 0 aliphatic heterocycles. The van der Waals surface area contributed by atoms with Crippen molar-refractivity contribution in [3.63, 3.8) is 0 Å². The Kier molecular flexibility index (Phi) is 4.74. The van der Waals surface area contributed by atoms with Crippen molar-refractivity contribution in [3.8, 4) is 5.75 Å². The number of nitrogens with zero attached hydrogens (tertiary/aromatic N) is 2. The summed E-state index contributed by atoms with van der Waals surface area (Å²) < 4.78 is 6.86. The second-order valence-electron chi connectivity index (χ2n) is 5.87. The summed E-state index contributed by atoms with van der Waals surface area (Å²) in [6.45, 7) is 2.46. The van der Waals surface area contributed by atoms with E-state index in [9.17, 15) is 9.90 Å². The lowest BCUT2D eigenvalue weighted by molar-refractivity contribution is 0.135. The molecule has 7 nitrogen and oxygen atoms in total. The SMILES string of the molecule is C[C@@H](Cn1ncc2ccc(O)c(N)c21)NC(=O)OCc1ccccc1. The number of hydrogen-bond donors (Lipinski definition) is 3. The summed E-state index contributed by atoms with van der Waals surface area (Å²) in [5, 5.41) is 17.6. The minimum atomic E-state index is -0.497. The Bertz CT molecular complexity index is 877. The molecule has 0 spiro atoms. The number of aromatic hydroxyl groups is 1. The third kappa shape index (κ3) is 3.82. The number of aromatic nitrogens is 2. The van der Waals surface area contributed by atoms with Gasteiger partial charge in [0.25, 0.3) is 0 Å². The molecule has 3 rings (SSSR count). The van der Waals surface area contributed by atoms with Gasteiger partial charge < -0.3 is 20.9 Å². The summed E-state index contributed by atoms with van der Waals surface area (Å²) >= 11 is 0. The van der Waals surface area contributed by atoms with Crippen LogP contribution in [0.4, 0.5) is 10.5 Å². The van der Waals surface area contributed by atoms with Crippen molar-refractivity contribution >= 4 is 22.7 Å². The van der Waals surface area contributed by atoms with Crippen molar-refractivity contribution in [1.82, 2.24) is 15.1 Å². The van der Waals surface area contributed by atoms with Crippen molar-refractivity contribution in [2.75, 3.05) is 5.73 Å². The highest BCUT2D eigenvalue weighted by molar-refractivity contribution is 5.92. The van der Waals surface area contributed by atoms with Crippen LogP contribution in [-0.4, -0.2) is 27.0 Å². The Morgan fingerprint density at radius 2 is 2.08 bits per heavy atom. The van der Waals surface area contributed by atoms with Crippen LogP contribution < -0.4 is 11.1 Å². The van der Waals surface area contributed by atoms with E-state index in [0.717, 1.165) is 10.9 Å². The van der Waals surface area contributed by atoms with Crippen LogP contribution >= 0.6 is 0 Å². The van der Waals surface area contributed by atoms with Crippen LogP contribution in [0, 0.1) is 0 Å². The van der Waals surface area contributed by atoms with E-state index in [2.05, 4.69) is 10.4 Å². The monoisotopic (exact) mass is 340 g/mol. The van der Waals surface area contributed by atoms with Crippen molar-refractivity contribution in [2.45, 2.75) is 26.1 Å². The van der Waals surface area contributed by atoms with Crippen LogP contribution in [0.15, 0.2) is 48.7 Å². The number of phenolic OH excluding ortho intramolecular Hbond substituents is 1. The first-order valence-electron chi connectivity index (χ1n) is 7.95.